The van der Waals surface area contributed by atoms with Gasteiger partial charge >= 0.3 is 0 Å². The molecule has 0 amide bonds. The Balaban J connectivity index is 2.89. The topological polar surface area (TPSA) is 35.8 Å². The molecule has 38 valence electrons. The van der Waals surface area contributed by atoms with Crippen molar-refractivity contribution in [2.75, 3.05) is 0 Å². The molecule has 8 heavy (non-hydrogen) atoms. The third kappa shape index (κ3) is 0.784. The van der Waals surface area contributed by atoms with Crippen LogP contribution in [0.2, 0.25) is 0 Å². The summed E-state index contributed by atoms with van der Waals surface area (Å²) in [5, 5.41) is 10.9. The average molecular weight is 104 g/mol. The molecular weight excluding hydrogens is 100 g/mol. The van der Waals surface area contributed by atoms with E-state index in [-0.39, 0.29) is 0 Å². The van der Waals surface area contributed by atoms with Crippen molar-refractivity contribution in [2.45, 2.75) is 0 Å². The molecule has 0 aromatic heterocycles. The number of nitriles is 1. The first kappa shape index (κ1) is 4.70. The average Bonchev–Trinajstić information content (AvgIpc) is 1.90. The first-order valence-electron chi connectivity index (χ1n) is 2.22. The Morgan fingerprint density at radius 3 is 3.00 bits per heavy atom. The van der Waals surface area contributed by atoms with Gasteiger partial charge in [0.15, 0.2) is 5.70 Å². The van der Waals surface area contributed by atoms with Gasteiger partial charge < -0.3 is 5.32 Å². The van der Waals surface area contributed by atoms with Crippen molar-refractivity contribution in [3.63, 3.8) is 0 Å². The zero-order valence-corrected chi connectivity index (χ0v) is 4.18. The number of hydrogen-bond donors (Lipinski definition) is 1. The highest BCUT2D eigenvalue weighted by Gasteiger charge is 1.86. The fourth-order valence-electron chi connectivity index (χ4n) is 0.417. The van der Waals surface area contributed by atoms with Crippen LogP contribution in [0.4, 0.5) is 0 Å². The Bertz CT molecular complexity index is 211. The van der Waals surface area contributed by atoms with Gasteiger partial charge in [-0.2, -0.15) is 5.26 Å². The summed E-state index contributed by atoms with van der Waals surface area (Å²) in [6, 6.07) is 1.92. The van der Waals surface area contributed by atoms with Crippen LogP contribution in [0.25, 0.3) is 0 Å². The van der Waals surface area contributed by atoms with Crippen LogP contribution in [-0.4, -0.2) is 0 Å². The van der Waals surface area contributed by atoms with Crippen molar-refractivity contribution in [1.82, 2.24) is 5.32 Å². The van der Waals surface area contributed by atoms with Crippen molar-refractivity contribution in [3.8, 4) is 6.07 Å². The highest BCUT2D eigenvalue weighted by Crippen LogP contribution is 1.87. The SMILES string of the molecule is N#CC1=C=CC=CN1. The van der Waals surface area contributed by atoms with Gasteiger partial charge in [-0.25, -0.2) is 0 Å². The molecule has 1 aliphatic rings. The van der Waals surface area contributed by atoms with Crippen LogP contribution in [-0.2, 0) is 0 Å². The second kappa shape index (κ2) is 2.02. The van der Waals surface area contributed by atoms with Crippen molar-refractivity contribution in [3.05, 3.63) is 29.8 Å². The third-order valence-electron chi connectivity index (χ3n) is 0.760. The molecule has 0 fully saturated rings. The van der Waals surface area contributed by atoms with Gasteiger partial charge in [-0.05, 0) is 12.2 Å². The summed E-state index contributed by atoms with van der Waals surface area (Å²) >= 11 is 0. The second-order valence-corrected chi connectivity index (χ2v) is 1.30. The molecule has 0 saturated carbocycles. The molecule has 2 heteroatoms. The highest BCUT2D eigenvalue weighted by atomic mass is 14.8. The van der Waals surface area contributed by atoms with E-state index in [2.05, 4.69) is 11.0 Å². The Morgan fingerprint density at radius 2 is 2.62 bits per heavy atom. The van der Waals surface area contributed by atoms with Crippen molar-refractivity contribution >= 4 is 0 Å². The minimum Gasteiger partial charge on any atom is -0.347 e. The van der Waals surface area contributed by atoms with Gasteiger partial charge in [0.05, 0.1) is 0 Å². The minimum absolute atomic E-state index is 0.465. The van der Waals surface area contributed by atoms with Crippen LogP contribution in [0.3, 0.4) is 0 Å². The summed E-state index contributed by atoms with van der Waals surface area (Å²) in [4.78, 5) is 0. The van der Waals surface area contributed by atoms with Crippen molar-refractivity contribution < 1.29 is 0 Å². The molecule has 0 aromatic rings. The maximum Gasteiger partial charge on any atom is 0.161 e. The molecule has 0 atom stereocenters. The minimum atomic E-state index is 0.465. The zero-order chi connectivity index (χ0) is 5.82. The maximum absolute atomic E-state index is 8.23. The third-order valence-corrected chi connectivity index (χ3v) is 0.760. The Kier molecular flexibility index (Phi) is 1.18. The quantitative estimate of drug-likeness (QED) is 0.458. The predicted octanol–water partition coefficient (Wildman–Crippen LogP) is 0.666. The van der Waals surface area contributed by atoms with Gasteiger partial charge in [-0.1, -0.05) is 5.73 Å². The lowest BCUT2D eigenvalue weighted by Gasteiger charge is -1.93. The van der Waals surface area contributed by atoms with Gasteiger partial charge in [-0.15, -0.1) is 0 Å². The maximum atomic E-state index is 8.23. The predicted molar refractivity (Wildman–Crippen MR) is 29.5 cm³/mol. The van der Waals surface area contributed by atoms with E-state index in [4.69, 9.17) is 5.26 Å². The second-order valence-electron chi connectivity index (χ2n) is 1.30. The highest BCUT2D eigenvalue weighted by molar-refractivity contribution is 5.25. The van der Waals surface area contributed by atoms with E-state index in [9.17, 15) is 0 Å². The van der Waals surface area contributed by atoms with Crippen LogP contribution in [0.15, 0.2) is 29.8 Å². The normalized spacial score (nSPS) is 14.1. The van der Waals surface area contributed by atoms with Crippen LogP contribution in [0.5, 0.6) is 0 Å². The van der Waals surface area contributed by atoms with Gasteiger partial charge in [0.2, 0.25) is 0 Å². The lowest BCUT2D eigenvalue weighted by Crippen LogP contribution is -2.02. The smallest absolute Gasteiger partial charge is 0.161 e. The Labute approximate surface area is 47.4 Å². The van der Waals surface area contributed by atoms with Gasteiger partial charge in [0.1, 0.15) is 6.07 Å². The van der Waals surface area contributed by atoms with Crippen LogP contribution in [0, 0.1) is 11.3 Å². The Hall–Kier alpha value is -1.45. The summed E-state index contributed by atoms with van der Waals surface area (Å²) in [6.45, 7) is 0. The van der Waals surface area contributed by atoms with E-state index in [1.165, 1.54) is 0 Å². The molecule has 0 radical (unpaired) electrons. The molecule has 0 spiro atoms. The van der Waals surface area contributed by atoms with Crippen molar-refractivity contribution in [2.24, 2.45) is 0 Å². The molecule has 0 aromatic carbocycles. The van der Waals surface area contributed by atoms with Gasteiger partial charge in [0, 0.05) is 6.20 Å². The molecule has 0 unspecified atom stereocenters. The molecule has 1 rings (SSSR count). The van der Waals surface area contributed by atoms with E-state index in [1.54, 1.807) is 18.4 Å². The van der Waals surface area contributed by atoms with E-state index in [0.717, 1.165) is 0 Å². The monoisotopic (exact) mass is 104 g/mol. The molecular formula is C6H4N2. The van der Waals surface area contributed by atoms with E-state index >= 15 is 0 Å². The molecule has 0 saturated heterocycles. The number of allylic oxidation sites excluding steroid dienone is 2. The van der Waals surface area contributed by atoms with Crippen LogP contribution < -0.4 is 5.32 Å². The van der Waals surface area contributed by atoms with Crippen molar-refractivity contribution in [1.29, 1.82) is 5.26 Å². The van der Waals surface area contributed by atoms with Gasteiger partial charge in [-0.3, -0.25) is 0 Å². The fraction of sp³-hybridized carbons (Fsp3) is 0. The first-order chi connectivity index (χ1) is 3.93. The number of nitrogens with one attached hydrogen (secondary N) is 1. The lowest BCUT2D eigenvalue weighted by atomic mass is 10.4. The fourth-order valence-corrected chi connectivity index (χ4v) is 0.417. The summed E-state index contributed by atoms with van der Waals surface area (Å²) in [5.41, 5.74) is 3.17. The first-order valence-corrected chi connectivity index (χ1v) is 2.22. The number of rotatable bonds is 0. The lowest BCUT2D eigenvalue weighted by molar-refractivity contribution is 1.11. The molecule has 1 aliphatic heterocycles. The van der Waals surface area contributed by atoms with E-state index in [0.29, 0.717) is 5.70 Å². The van der Waals surface area contributed by atoms with Crippen LogP contribution >= 0.6 is 0 Å². The Morgan fingerprint density at radius 1 is 1.75 bits per heavy atom. The number of hydrogen-bond acceptors (Lipinski definition) is 2. The van der Waals surface area contributed by atoms with E-state index in [1.807, 2.05) is 6.07 Å². The van der Waals surface area contributed by atoms with E-state index < -0.39 is 0 Å². The summed E-state index contributed by atoms with van der Waals surface area (Å²) in [7, 11) is 0. The summed E-state index contributed by atoms with van der Waals surface area (Å²) in [6.07, 6.45) is 5.16. The standard InChI is InChI=1S/C6H4N2/c7-5-6-3-1-2-4-8-6/h1-2,4,8H. The van der Waals surface area contributed by atoms with Gasteiger partial charge in [0.25, 0.3) is 0 Å². The summed E-state index contributed by atoms with van der Waals surface area (Å²) in [5.74, 6) is 0. The largest absolute Gasteiger partial charge is 0.347 e. The molecule has 0 bridgehead atoms. The number of nitrogens with zero attached hydrogens (tertiary/aromatic N) is 1. The zero-order valence-electron chi connectivity index (χ0n) is 4.18. The van der Waals surface area contributed by atoms with Crippen LogP contribution in [0.1, 0.15) is 0 Å². The summed E-state index contributed by atoms with van der Waals surface area (Å²) < 4.78 is 0. The molecule has 1 heterocycles. The molecule has 2 nitrogen and oxygen atoms in total. The molecule has 0 aliphatic carbocycles. The molecule has 1 N–H and O–H groups in total.